The molecule has 1 atom stereocenters. The second-order valence-electron chi connectivity index (χ2n) is 4.07. The molecular formula is C14H14N2O2. The molecule has 0 aliphatic rings. The third-order valence-corrected chi connectivity index (χ3v) is 2.62. The van der Waals surface area contributed by atoms with Gasteiger partial charge in [-0.2, -0.15) is 0 Å². The molecule has 2 rings (SSSR count). The fourth-order valence-corrected chi connectivity index (χ4v) is 1.77. The van der Waals surface area contributed by atoms with Crippen molar-refractivity contribution in [3.05, 3.63) is 59.7 Å². The fraction of sp³-hybridized carbons (Fsp3) is 0.0714. The second kappa shape index (κ2) is 4.89. The Morgan fingerprint density at radius 2 is 1.56 bits per heavy atom. The molecule has 0 heterocycles. The average Bonchev–Trinajstić information content (AvgIpc) is 2.37. The van der Waals surface area contributed by atoms with Crippen LogP contribution in [0, 0.1) is 0 Å². The molecule has 0 saturated carbocycles. The van der Waals surface area contributed by atoms with E-state index in [2.05, 4.69) is 0 Å². The van der Waals surface area contributed by atoms with Crippen LogP contribution in [-0.2, 0) is 0 Å². The van der Waals surface area contributed by atoms with Crippen LogP contribution >= 0.6 is 0 Å². The first-order valence-electron chi connectivity index (χ1n) is 5.51. The van der Waals surface area contributed by atoms with Gasteiger partial charge < -0.3 is 16.6 Å². The summed E-state index contributed by atoms with van der Waals surface area (Å²) in [5, 5.41) is 10.0. The highest BCUT2D eigenvalue weighted by atomic mass is 16.3. The summed E-state index contributed by atoms with van der Waals surface area (Å²) in [6, 6.07) is 13.3. The molecule has 0 amide bonds. The molecule has 0 aliphatic carbocycles. The van der Waals surface area contributed by atoms with Crippen molar-refractivity contribution in [2.45, 2.75) is 6.10 Å². The number of Topliss-reactive ketones (excluding diaryl/α,β-unsaturated/α-hetero) is 1. The van der Waals surface area contributed by atoms with E-state index in [4.69, 9.17) is 11.5 Å². The Kier molecular flexibility index (Phi) is 3.30. The number of benzene rings is 2. The Balaban J connectivity index is 2.31. The monoisotopic (exact) mass is 242 g/mol. The molecule has 0 spiro atoms. The Morgan fingerprint density at radius 3 is 2.11 bits per heavy atom. The molecule has 5 N–H and O–H groups in total. The van der Waals surface area contributed by atoms with E-state index in [1.54, 1.807) is 42.5 Å². The summed E-state index contributed by atoms with van der Waals surface area (Å²) in [5.41, 5.74) is 13.0. The summed E-state index contributed by atoms with van der Waals surface area (Å²) in [5.74, 6) is -0.374. The van der Waals surface area contributed by atoms with Gasteiger partial charge in [0.1, 0.15) is 6.10 Å². The number of rotatable bonds is 3. The highest BCUT2D eigenvalue weighted by Gasteiger charge is 2.19. The van der Waals surface area contributed by atoms with Crippen LogP contribution < -0.4 is 11.5 Å². The molecule has 4 heteroatoms. The number of nitrogen functional groups attached to an aromatic ring is 2. The van der Waals surface area contributed by atoms with Gasteiger partial charge in [-0.05, 0) is 23.8 Å². The third kappa shape index (κ3) is 2.49. The summed E-state index contributed by atoms with van der Waals surface area (Å²) in [7, 11) is 0. The number of hydrogen-bond acceptors (Lipinski definition) is 4. The van der Waals surface area contributed by atoms with Gasteiger partial charge in [0, 0.05) is 16.9 Å². The zero-order valence-corrected chi connectivity index (χ0v) is 9.71. The van der Waals surface area contributed by atoms with Gasteiger partial charge >= 0.3 is 0 Å². The summed E-state index contributed by atoms with van der Waals surface area (Å²) >= 11 is 0. The molecule has 0 bridgehead atoms. The van der Waals surface area contributed by atoms with Gasteiger partial charge in [-0.1, -0.05) is 30.3 Å². The van der Waals surface area contributed by atoms with E-state index in [1.165, 1.54) is 0 Å². The van der Waals surface area contributed by atoms with Gasteiger partial charge in [0.2, 0.25) is 0 Å². The van der Waals surface area contributed by atoms with Crippen LogP contribution in [0.25, 0.3) is 0 Å². The summed E-state index contributed by atoms with van der Waals surface area (Å²) < 4.78 is 0. The Bertz CT molecular complexity index is 547. The van der Waals surface area contributed by atoms with Gasteiger partial charge in [0.15, 0.2) is 5.78 Å². The van der Waals surface area contributed by atoms with Crippen LogP contribution in [0.5, 0.6) is 0 Å². The highest BCUT2D eigenvalue weighted by molar-refractivity contribution is 6.00. The van der Waals surface area contributed by atoms with E-state index in [-0.39, 0.29) is 5.78 Å². The summed E-state index contributed by atoms with van der Waals surface area (Å²) in [4.78, 5) is 12.0. The second-order valence-corrected chi connectivity index (χ2v) is 4.07. The van der Waals surface area contributed by atoms with E-state index < -0.39 is 6.10 Å². The number of hydrogen-bond donors (Lipinski definition) is 3. The Hall–Kier alpha value is -2.33. The van der Waals surface area contributed by atoms with Crippen molar-refractivity contribution < 1.29 is 9.90 Å². The maximum absolute atomic E-state index is 12.0. The Morgan fingerprint density at radius 1 is 1.00 bits per heavy atom. The lowest BCUT2D eigenvalue weighted by molar-refractivity contribution is 0.0748. The van der Waals surface area contributed by atoms with Gasteiger partial charge in [-0.3, -0.25) is 4.79 Å². The molecule has 1 unspecified atom stereocenters. The van der Waals surface area contributed by atoms with E-state index in [0.717, 1.165) is 0 Å². The van der Waals surface area contributed by atoms with Gasteiger partial charge in [0.25, 0.3) is 0 Å². The van der Waals surface area contributed by atoms with E-state index >= 15 is 0 Å². The maximum atomic E-state index is 12.0. The molecule has 2 aromatic carbocycles. The standard InChI is InChI=1S/C14H14N2O2/c15-11-6-10(7-12(16)8-11)14(18)13(17)9-4-2-1-3-5-9/h1-8,14,18H,15-16H2. The molecule has 0 aromatic heterocycles. The van der Waals surface area contributed by atoms with Crippen LogP contribution in [0.3, 0.4) is 0 Å². The van der Waals surface area contributed by atoms with Gasteiger partial charge in [-0.15, -0.1) is 0 Å². The molecule has 4 nitrogen and oxygen atoms in total. The van der Waals surface area contributed by atoms with Crippen molar-refractivity contribution in [1.29, 1.82) is 0 Å². The molecule has 18 heavy (non-hydrogen) atoms. The lowest BCUT2D eigenvalue weighted by Crippen LogP contribution is -2.12. The lowest BCUT2D eigenvalue weighted by Gasteiger charge is -2.11. The van der Waals surface area contributed by atoms with Crippen molar-refractivity contribution in [3.63, 3.8) is 0 Å². The van der Waals surface area contributed by atoms with E-state index in [0.29, 0.717) is 22.5 Å². The number of carbonyl (C=O) groups is 1. The van der Waals surface area contributed by atoms with E-state index in [9.17, 15) is 9.90 Å². The van der Waals surface area contributed by atoms with Gasteiger partial charge in [0.05, 0.1) is 0 Å². The predicted octanol–water partition coefficient (Wildman–Crippen LogP) is 1.77. The molecule has 0 radical (unpaired) electrons. The van der Waals surface area contributed by atoms with Crippen LogP contribution in [0.1, 0.15) is 22.0 Å². The fourth-order valence-electron chi connectivity index (χ4n) is 1.77. The maximum Gasteiger partial charge on any atom is 0.195 e. The first-order valence-corrected chi connectivity index (χ1v) is 5.51. The third-order valence-electron chi connectivity index (χ3n) is 2.62. The average molecular weight is 242 g/mol. The molecule has 0 aliphatic heterocycles. The number of aliphatic hydroxyl groups excluding tert-OH is 1. The van der Waals surface area contributed by atoms with Crippen molar-refractivity contribution in [2.24, 2.45) is 0 Å². The molecule has 2 aromatic rings. The molecule has 0 fully saturated rings. The van der Waals surface area contributed by atoms with Crippen molar-refractivity contribution in [3.8, 4) is 0 Å². The molecular weight excluding hydrogens is 228 g/mol. The van der Waals surface area contributed by atoms with Crippen molar-refractivity contribution >= 4 is 17.2 Å². The topological polar surface area (TPSA) is 89.3 Å². The van der Waals surface area contributed by atoms with Crippen LogP contribution in [0.4, 0.5) is 11.4 Å². The smallest absolute Gasteiger partial charge is 0.195 e. The summed E-state index contributed by atoms with van der Waals surface area (Å²) in [6.45, 7) is 0. The lowest BCUT2D eigenvalue weighted by atomic mass is 9.99. The Labute approximate surface area is 105 Å². The first-order chi connectivity index (χ1) is 8.58. The van der Waals surface area contributed by atoms with Gasteiger partial charge in [-0.25, -0.2) is 0 Å². The minimum Gasteiger partial charge on any atom is -0.399 e. The SMILES string of the molecule is Nc1cc(N)cc(C(O)C(=O)c2ccccc2)c1. The zero-order valence-electron chi connectivity index (χ0n) is 9.71. The number of aliphatic hydroxyl groups is 1. The number of nitrogens with two attached hydrogens (primary N) is 2. The van der Waals surface area contributed by atoms with Crippen molar-refractivity contribution in [2.75, 3.05) is 11.5 Å². The van der Waals surface area contributed by atoms with E-state index in [1.807, 2.05) is 6.07 Å². The highest BCUT2D eigenvalue weighted by Crippen LogP contribution is 2.23. The minimum atomic E-state index is -1.25. The molecule has 92 valence electrons. The van der Waals surface area contributed by atoms with Crippen LogP contribution in [-0.4, -0.2) is 10.9 Å². The number of anilines is 2. The normalized spacial score (nSPS) is 12.1. The van der Waals surface area contributed by atoms with Crippen molar-refractivity contribution in [1.82, 2.24) is 0 Å². The quantitative estimate of drug-likeness (QED) is 0.565. The predicted molar refractivity (Wildman–Crippen MR) is 71.0 cm³/mol. The largest absolute Gasteiger partial charge is 0.399 e. The minimum absolute atomic E-state index is 0.374. The number of carbonyl (C=O) groups excluding carboxylic acids is 1. The number of ketones is 1. The van der Waals surface area contributed by atoms with Crippen LogP contribution in [0.15, 0.2) is 48.5 Å². The zero-order chi connectivity index (χ0) is 13.1. The summed E-state index contributed by atoms with van der Waals surface area (Å²) in [6.07, 6.45) is -1.25. The molecule has 0 saturated heterocycles. The van der Waals surface area contributed by atoms with Crippen LogP contribution in [0.2, 0.25) is 0 Å². The first kappa shape index (κ1) is 12.1.